The Labute approximate surface area is 314 Å². The van der Waals surface area contributed by atoms with Crippen molar-refractivity contribution in [3.63, 3.8) is 0 Å². The van der Waals surface area contributed by atoms with E-state index in [-0.39, 0.29) is 33.5 Å². The van der Waals surface area contributed by atoms with Gasteiger partial charge in [0.25, 0.3) is 5.91 Å². The van der Waals surface area contributed by atoms with Gasteiger partial charge in [-0.2, -0.15) is 0 Å². The van der Waals surface area contributed by atoms with Gasteiger partial charge in [0, 0.05) is 15.5 Å². The number of benzene rings is 4. The molecule has 1 fully saturated rings. The lowest BCUT2D eigenvalue weighted by Gasteiger charge is -2.37. The monoisotopic (exact) mass is 770 g/mol. The van der Waals surface area contributed by atoms with E-state index in [1.54, 1.807) is 44.6 Å². The molecule has 1 aliphatic heterocycles. The fourth-order valence-corrected chi connectivity index (χ4v) is 7.00. The SMILES string of the molecule is COc1ccc(C(OC[C@H]2O[C@@H](n3cnc4c(NC(=O)c5ccccc5)ncnc43)[C@H](F)[C@@H]2O[PH](=O)O)(c2ccccc2)c2ccc(OC)cc2)cc1.[P]. The molecule has 2 N–H and O–H groups in total. The number of methoxy groups -OCH3 is 2. The van der Waals surface area contributed by atoms with Gasteiger partial charge in [0.1, 0.15) is 35.6 Å². The Morgan fingerprint density at radius 1 is 0.870 bits per heavy atom. The van der Waals surface area contributed by atoms with Crippen LogP contribution in [-0.2, 0) is 24.2 Å². The average molecular weight is 771 g/mol. The number of fused-ring (bicyclic) bond motifs is 1. The molecule has 1 aliphatic rings. The number of hydrogen-bond acceptors (Lipinski definition) is 10. The number of aromatic nitrogens is 4. The molecule has 0 aliphatic carbocycles. The number of rotatable bonds is 13. The zero-order valence-electron chi connectivity index (χ0n) is 29.0. The zero-order valence-corrected chi connectivity index (χ0v) is 30.9. The lowest BCUT2D eigenvalue weighted by molar-refractivity contribution is -0.0912. The van der Waals surface area contributed by atoms with Crippen LogP contribution in [0, 0.1) is 0 Å². The Hall–Kier alpha value is -5.07. The number of anilines is 1. The Bertz CT molecular complexity index is 2150. The second kappa shape index (κ2) is 16.9. The molecule has 0 spiro atoms. The minimum atomic E-state index is -3.64. The molecule has 5 atom stereocenters. The molecule has 6 aromatic rings. The predicted octanol–water partition coefficient (Wildman–Crippen LogP) is 6.97. The van der Waals surface area contributed by atoms with E-state index in [0.717, 1.165) is 16.7 Å². The molecule has 16 heteroatoms. The zero-order chi connectivity index (χ0) is 37.0. The van der Waals surface area contributed by atoms with Crippen molar-refractivity contribution in [3.05, 3.63) is 144 Å². The first-order valence-electron chi connectivity index (χ1n) is 16.5. The summed E-state index contributed by atoms with van der Waals surface area (Å²) >= 11 is 0. The maximum atomic E-state index is 16.5. The van der Waals surface area contributed by atoms with E-state index in [2.05, 4.69) is 20.3 Å². The van der Waals surface area contributed by atoms with Gasteiger partial charge in [-0.3, -0.25) is 13.9 Å². The molecule has 0 bridgehead atoms. The van der Waals surface area contributed by atoms with E-state index in [0.29, 0.717) is 17.1 Å². The molecule has 2 aromatic heterocycles. The van der Waals surface area contributed by atoms with E-state index in [4.69, 9.17) is 23.5 Å². The van der Waals surface area contributed by atoms with Gasteiger partial charge in [0.05, 0.1) is 27.2 Å². The first-order chi connectivity index (χ1) is 25.8. The van der Waals surface area contributed by atoms with E-state index in [1.807, 2.05) is 78.9 Å². The van der Waals surface area contributed by atoms with E-state index < -0.39 is 44.4 Å². The molecule has 3 heterocycles. The number of hydrogen-bond donors (Lipinski definition) is 2. The van der Waals surface area contributed by atoms with Crippen molar-refractivity contribution < 1.29 is 42.1 Å². The number of nitrogens with zero attached hydrogens (tertiary/aromatic N) is 4. The van der Waals surface area contributed by atoms with Crippen LogP contribution in [0.4, 0.5) is 10.2 Å². The molecule has 54 heavy (non-hydrogen) atoms. The number of carbonyl (C=O) groups is 1. The van der Waals surface area contributed by atoms with Gasteiger partial charge in [-0.25, -0.2) is 19.3 Å². The molecular weight excluding hydrogens is 735 g/mol. The van der Waals surface area contributed by atoms with Gasteiger partial charge in [0.15, 0.2) is 29.4 Å². The fourth-order valence-electron chi connectivity index (χ4n) is 6.49. The first kappa shape index (κ1) is 38.6. The van der Waals surface area contributed by atoms with Crippen molar-refractivity contribution in [1.82, 2.24) is 19.5 Å². The highest BCUT2D eigenvalue weighted by molar-refractivity contribution is 7.32. The highest BCUT2D eigenvalue weighted by atomic mass is 31.1. The summed E-state index contributed by atoms with van der Waals surface area (Å²) < 4.78 is 59.3. The van der Waals surface area contributed by atoms with Crippen LogP contribution in [0.1, 0.15) is 33.3 Å². The Morgan fingerprint density at radius 2 is 1.44 bits per heavy atom. The van der Waals surface area contributed by atoms with E-state index in [1.165, 1.54) is 17.2 Å². The van der Waals surface area contributed by atoms with E-state index >= 15 is 4.39 Å². The molecule has 0 saturated carbocycles. The lowest BCUT2D eigenvalue weighted by Crippen LogP contribution is -2.39. The van der Waals surface area contributed by atoms with Gasteiger partial charge >= 0.3 is 8.25 Å². The molecule has 1 saturated heterocycles. The van der Waals surface area contributed by atoms with Crippen LogP contribution in [0.25, 0.3) is 11.2 Å². The van der Waals surface area contributed by atoms with Crippen LogP contribution < -0.4 is 14.8 Å². The second-order valence-electron chi connectivity index (χ2n) is 12.0. The smallest absolute Gasteiger partial charge is 0.317 e. The third-order valence-corrected chi connectivity index (χ3v) is 9.52. The number of imidazole rings is 1. The van der Waals surface area contributed by atoms with Crippen molar-refractivity contribution in [1.29, 1.82) is 0 Å². The quantitative estimate of drug-likeness (QED) is 0.0924. The summed E-state index contributed by atoms with van der Waals surface area (Å²) in [6, 6.07) is 32.8. The van der Waals surface area contributed by atoms with Crippen molar-refractivity contribution in [2.24, 2.45) is 0 Å². The van der Waals surface area contributed by atoms with Crippen molar-refractivity contribution in [3.8, 4) is 11.5 Å². The van der Waals surface area contributed by atoms with Crippen molar-refractivity contribution in [2.75, 3.05) is 26.1 Å². The average Bonchev–Trinajstić information content (AvgIpc) is 3.76. The summed E-state index contributed by atoms with van der Waals surface area (Å²) in [6.07, 6.45) is -3.56. The first-order valence-corrected chi connectivity index (χ1v) is 17.8. The summed E-state index contributed by atoms with van der Waals surface area (Å²) in [6.45, 7) is -0.288. The molecular formula is C38H35FN5O8P2. The van der Waals surface area contributed by atoms with Crippen molar-refractivity contribution >= 4 is 41.0 Å². The summed E-state index contributed by atoms with van der Waals surface area (Å²) in [5.41, 5.74) is 1.64. The second-order valence-corrected chi connectivity index (χ2v) is 12.8. The number of ether oxygens (including phenoxy) is 4. The molecule has 1 amide bonds. The van der Waals surface area contributed by atoms with Gasteiger partial charge in [0.2, 0.25) is 0 Å². The predicted molar refractivity (Wildman–Crippen MR) is 200 cm³/mol. The number of amides is 1. The Kier molecular flexibility index (Phi) is 12.1. The number of alkyl halides is 1. The van der Waals surface area contributed by atoms with Crippen LogP contribution >= 0.6 is 18.2 Å². The lowest BCUT2D eigenvalue weighted by atomic mass is 9.80. The Balaban J connectivity index is 0.00000497. The molecule has 277 valence electrons. The van der Waals surface area contributed by atoms with Gasteiger partial charge < -0.3 is 33.7 Å². The summed E-state index contributed by atoms with van der Waals surface area (Å²) in [5, 5.41) is 2.73. The van der Waals surface area contributed by atoms with Crippen LogP contribution in [0.15, 0.2) is 122 Å². The summed E-state index contributed by atoms with van der Waals surface area (Å²) in [4.78, 5) is 35.6. The molecule has 1 unspecified atom stereocenters. The van der Waals surface area contributed by atoms with Gasteiger partial charge in [-0.1, -0.05) is 72.8 Å². The minimum absolute atomic E-state index is 0. The third-order valence-electron chi connectivity index (χ3n) is 9.04. The summed E-state index contributed by atoms with van der Waals surface area (Å²) in [7, 11) is -0.488. The minimum Gasteiger partial charge on any atom is -0.497 e. The van der Waals surface area contributed by atoms with Gasteiger partial charge in [-0.05, 0) is 53.1 Å². The third kappa shape index (κ3) is 7.63. The van der Waals surface area contributed by atoms with Crippen LogP contribution in [0.5, 0.6) is 11.5 Å². The van der Waals surface area contributed by atoms with E-state index in [9.17, 15) is 14.3 Å². The van der Waals surface area contributed by atoms with Crippen LogP contribution in [0.3, 0.4) is 0 Å². The Morgan fingerprint density at radius 3 is 2.02 bits per heavy atom. The van der Waals surface area contributed by atoms with Crippen molar-refractivity contribution in [2.45, 2.75) is 30.2 Å². The topological polar surface area (TPSA) is 156 Å². The molecule has 4 aromatic carbocycles. The number of nitrogens with one attached hydrogen (secondary N) is 1. The highest BCUT2D eigenvalue weighted by Gasteiger charge is 2.50. The maximum Gasteiger partial charge on any atom is 0.317 e. The molecule has 13 nitrogen and oxygen atoms in total. The van der Waals surface area contributed by atoms with Crippen LogP contribution in [0.2, 0.25) is 0 Å². The summed E-state index contributed by atoms with van der Waals surface area (Å²) in [5.74, 6) is 0.951. The van der Waals surface area contributed by atoms with Crippen LogP contribution in [-0.4, -0.2) is 69.5 Å². The number of halogens is 1. The fraction of sp³-hybridized carbons (Fsp3) is 0.211. The molecule has 3 radical (unpaired) electrons. The maximum absolute atomic E-state index is 16.5. The van der Waals surface area contributed by atoms with Gasteiger partial charge in [-0.15, -0.1) is 0 Å². The standard InChI is InChI=1S/C38H35FN5O8P.P/c1-48-28-17-13-26(14-18-28)38(25-11-7-4-8-12-25,27-15-19-29(49-2)20-16-27)50-21-30-33(52-53(46)47)31(39)37(51-30)44-23-42-32-34(40-22-41-35(32)44)43-36(45)24-9-5-3-6-10-24;/h3-20,22-23,30-31,33,37,53H,21H2,1-2H3,(H,46,47)(H,40,41,43,45);/t30-,31-,33-,37-;/m1./s1. The number of carbonyl (C=O) groups excluding carboxylic acids is 1. The largest absolute Gasteiger partial charge is 0.497 e. The molecule has 7 rings (SSSR count). The highest BCUT2D eigenvalue weighted by Crippen LogP contribution is 2.44. The normalized spacial score (nSPS) is 18.8.